The average Bonchev–Trinajstić information content (AvgIpc) is 2.30. The average molecular weight is 205 g/mol. The van der Waals surface area contributed by atoms with Gasteiger partial charge in [0, 0.05) is 32.4 Å². The summed E-state index contributed by atoms with van der Waals surface area (Å²) in [5.74, 6) is 1.68. The predicted molar refractivity (Wildman–Crippen MR) is 63.4 cm³/mol. The van der Waals surface area contributed by atoms with E-state index in [0.29, 0.717) is 5.92 Å². The molecule has 0 aliphatic carbocycles. The Bertz CT molecular complexity index is 299. The molecule has 0 amide bonds. The van der Waals surface area contributed by atoms with Crippen molar-refractivity contribution in [1.29, 1.82) is 0 Å². The van der Waals surface area contributed by atoms with Gasteiger partial charge in [0.25, 0.3) is 0 Å². The lowest BCUT2D eigenvalue weighted by Gasteiger charge is -2.28. The number of pyridine rings is 1. The molecule has 1 aliphatic rings. The van der Waals surface area contributed by atoms with Gasteiger partial charge in [0.05, 0.1) is 0 Å². The van der Waals surface area contributed by atoms with Gasteiger partial charge in [-0.2, -0.15) is 0 Å². The van der Waals surface area contributed by atoms with Gasteiger partial charge < -0.3 is 10.2 Å². The number of piperazine rings is 1. The molecule has 1 N–H and O–H groups in total. The Kier molecular flexibility index (Phi) is 3.21. The number of nitrogens with zero attached hydrogens (tertiary/aromatic N) is 2. The molecule has 82 valence electrons. The van der Waals surface area contributed by atoms with E-state index in [0.717, 1.165) is 32.0 Å². The first-order valence-electron chi connectivity index (χ1n) is 5.69. The number of rotatable bonds is 2. The molecule has 1 fully saturated rings. The Hall–Kier alpha value is -1.09. The zero-order valence-corrected chi connectivity index (χ0v) is 9.53. The van der Waals surface area contributed by atoms with Crippen LogP contribution in [0.3, 0.4) is 0 Å². The van der Waals surface area contributed by atoms with Crippen LogP contribution in [0.4, 0.5) is 5.82 Å². The first kappa shape index (κ1) is 10.4. The molecule has 1 aromatic heterocycles. The van der Waals surface area contributed by atoms with E-state index in [1.54, 1.807) is 0 Å². The molecule has 0 saturated carbocycles. The van der Waals surface area contributed by atoms with Gasteiger partial charge in [-0.3, -0.25) is 0 Å². The SMILES string of the molecule is CC(C)c1ccc(N2CCNCC2)nc1. The molecule has 0 radical (unpaired) electrons. The van der Waals surface area contributed by atoms with Crippen LogP contribution in [0.15, 0.2) is 18.3 Å². The van der Waals surface area contributed by atoms with E-state index >= 15 is 0 Å². The van der Waals surface area contributed by atoms with Crippen LogP contribution in [-0.4, -0.2) is 31.2 Å². The maximum Gasteiger partial charge on any atom is 0.128 e. The zero-order valence-electron chi connectivity index (χ0n) is 9.53. The van der Waals surface area contributed by atoms with Crippen molar-refractivity contribution in [2.45, 2.75) is 19.8 Å². The Balaban J connectivity index is 2.08. The number of aromatic nitrogens is 1. The Morgan fingerprint density at radius 1 is 1.27 bits per heavy atom. The number of nitrogens with one attached hydrogen (secondary N) is 1. The largest absolute Gasteiger partial charge is 0.354 e. The fourth-order valence-electron chi connectivity index (χ4n) is 1.82. The quantitative estimate of drug-likeness (QED) is 0.795. The highest BCUT2D eigenvalue weighted by atomic mass is 15.2. The Morgan fingerprint density at radius 2 is 2.00 bits per heavy atom. The number of hydrogen-bond donors (Lipinski definition) is 1. The highest BCUT2D eigenvalue weighted by Gasteiger charge is 2.11. The topological polar surface area (TPSA) is 28.2 Å². The predicted octanol–water partition coefficient (Wildman–Crippen LogP) is 1.61. The molecule has 0 bridgehead atoms. The number of hydrogen-bond acceptors (Lipinski definition) is 3. The molecule has 0 spiro atoms. The summed E-state index contributed by atoms with van der Waals surface area (Å²) in [7, 11) is 0. The first-order valence-corrected chi connectivity index (χ1v) is 5.69. The van der Waals surface area contributed by atoms with E-state index in [1.165, 1.54) is 5.56 Å². The maximum atomic E-state index is 4.52. The van der Waals surface area contributed by atoms with Gasteiger partial charge in [-0.15, -0.1) is 0 Å². The molecule has 0 aromatic carbocycles. The molecule has 0 unspecified atom stereocenters. The molecule has 2 rings (SSSR count). The Labute approximate surface area is 91.5 Å². The van der Waals surface area contributed by atoms with Crippen molar-refractivity contribution >= 4 is 5.82 Å². The van der Waals surface area contributed by atoms with Crippen LogP contribution in [0.1, 0.15) is 25.3 Å². The second kappa shape index (κ2) is 4.62. The van der Waals surface area contributed by atoms with Crippen molar-refractivity contribution in [2.75, 3.05) is 31.1 Å². The van der Waals surface area contributed by atoms with Crippen LogP contribution >= 0.6 is 0 Å². The summed E-state index contributed by atoms with van der Waals surface area (Å²) in [6.45, 7) is 8.65. The standard InChI is InChI=1S/C12H19N3/c1-10(2)11-3-4-12(14-9-11)15-7-5-13-6-8-15/h3-4,9-10,13H,5-8H2,1-2H3. The van der Waals surface area contributed by atoms with Crippen LogP contribution in [0.5, 0.6) is 0 Å². The van der Waals surface area contributed by atoms with Crippen molar-refractivity contribution in [1.82, 2.24) is 10.3 Å². The van der Waals surface area contributed by atoms with Crippen LogP contribution < -0.4 is 10.2 Å². The summed E-state index contributed by atoms with van der Waals surface area (Å²) in [6.07, 6.45) is 2.00. The van der Waals surface area contributed by atoms with Gasteiger partial charge >= 0.3 is 0 Å². The van der Waals surface area contributed by atoms with E-state index in [9.17, 15) is 0 Å². The van der Waals surface area contributed by atoms with Gasteiger partial charge in [-0.05, 0) is 17.5 Å². The molecule has 1 saturated heterocycles. The lowest BCUT2D eigenvalue weighted by molar-refractivity contribution is 0.585. The summed E-state index contributed by atoms with van der Waals surface area (Å²) >= 11 is 0. The van der Waals surface area contributed by atoms with Gasteiger partial charge in [0.15, 0.2) is 0 Å². The van der Waals surface area contributed by atoms with E-state index < -0.39 is 0 Å². The molecule has 3 nitrogen and oxygen atoms in total. The second-order valence-corrected chi connectivity index (χ2v) is 4.34. The van der Waals surface area contributed by atoms with Crippen LogP contribution in [0.2, 0.25) is 0 Å². The van der Waals surface area contributed by atoms with Gasteiger partial charge in [0.1, 0.15) is 5.82 Å². The number of anilines is 1. The van der Waals surface area contributed by atoms with Crippen molar-refractivity contribution in [3.63, 3.8) is 0 Å². The van der Waals surface area contributed by atoms with E-state index in [4.69, 9.17) is 0 Å². The molecule has 1 aromatic rings. The third-order valence-corrected chi connectivity index (χ3v) is 2.88. The minimum Gasteiger partial charge on any atom is -0.354 e. The Morgan fingerprint density at radius 3 is 2.53 bits per heavy atom. The second-order valence-electron chi connectivity index (χ2n) is 4.34. The molecule has 0 atom stereocenters. The first-order chi connectivity index (χ1) is 7.27. The highest BCUT2D eigenvalue weighted by Crippen LogP contribution is 2.17. The summed E-state index contributed by atoms with van der Waals surface area (Å²) < 4.78 is 0. The summed E-state index contributed by atoms with van der Waals surface area (Å²) in [5, 5.41) is 3.34. The molecule has 2 heterocycles. The summed E-state index contributed by atoms with van der Waals surface area (Å²) in [4.78, 5) is 6.86. The highest BCUT2D eigenvalue weighted by molar-refractivity contribution is 5.40. The third-order valence-electron chi connectivity index (χ3n) is 2.88. The molecular weight excluding hydrogens is 186 g/mol. The molecule has 15 heavy (non-hydrogen) atoms. The summed E-state index contributed by atoms with van der Waals surface area (Å²) in [5.41, 5.74) is 1.31. The van der Waals surface area contributed by atoms with Gasteiger partial charge in [0.2, 0.25) is 0 Å². The van der Waals surface area contributed by atoms with Crippen LogP contribution in [0.25, 0.3) is 0 Å². The lowest BCUT2D eigenvalue weighted by atomic mass is 10.1. The van der Waals surface area contributed by atoms with E-state index in [1.807, 2.05) is 6.20 Å². The third kappa shape index (κ3) is 2.48. The minimum atomic E-state index is 0.564. The van der Waals surface area contributed by atoms with Gasteiger partial charge in [-0.25, -0.2) is 4.98 Å². The van der Waals surface area contributed by atoms with Crippen molar-refractivity contribution in [2.24, 2.45) is 0 Å². The fourth-order valence-corrected chi connectivity index (χ4v) is 1.82. The minimum absolute atomic E-state index is 0.564. The molecule has 3 heteroatoms. The fraction of sp³-hybridized carbons (Fsp3) is 0.583. The van der Waals surface area contributed by atoms with Crippen molar-refractivity contribution in [3.05, 3.63) is 23.9 Å². The van der Waals surface area contributed by atoms with E-state index in [2.05, 4.69) is 41.2 Å². The lowest BCUT2D eigenvalue weighted by Crippen LogP contribution is -2.43. The summed E-state index contributed by atoms with van der Waals surface area (Å²) in [6, 6.07) is 4.33. The normalized spacial score (nSPS) is 17.1. The smallest absolute Gasteiger partial charge is 0.128 e. The van der Waals surface area contributed by atoms with Gasteiger partial charge in [-0.1, -0.05) is 19.9 Å². The van der Waals surface area contributed by atoms with Crippen molar-refractivity contribution < 1.29 is 0 Å². The molecular formula is C12H19N3. The van der Waals surface area contributed by atoms with Crippen LogP contribution in [-0.2, 0) is 0 Å². The van der Waals surface area contributed by atoms with Crippen LogP contribution in [0, 0.1) is 0 Å². The maximum absolute atomic E-state index is 4.52. The molecule has 1 aliphatic heterocycles. The zero-order chi connectivity index (χ0) is 10.7. The van der Waals surface area contributed by atoms with Crippen molar-refractivity contribution in [3.8, 4) is 0 Å². The van der Waals surface area contributed by atoms with E-state index in [-0.39, 0.29) is 0 Å². The monoisotopic (exact) mass is 205 g/mol.